The highest BCUT2D eigenvalue weighted by atomic mass is 16.2. The number of anilines is 2. The molecule has 3 aromatic carbocycles. The van der Waals surface area contributed by atoms with Gasteiger partial charge >= 0.3 is 0 Å². The first kappa shape index (κ1) is 24.5. The van der Waals surface area contributed by atoms with Gasteiger partial charge in [0.2, 0.25) is 5.91 Å². The minimum Gasteiger partial charge on any atom is -0.376 e. The van der Waals surface area contributed by atoms with E-state index in [1.807, 2.05) is 51.1 Å². The SMILES string of the molecule is CC(C)(C)NC(=O)c1cccc(NC(=O)CNc2cccc(C(=O)NCc3ccccc3)c2)c1. The summed E-state index contributed by atoms with van der Waals surface area (Å²) in [6.45, 7) is 6.17. The van der Waals surface area contributed by atoms with Crippen LogP contribution in [0.5, 0.6) is 0 Å². The van der Waals surface area contributed by atoms with Crippen LogP contribution in [0.3, 0.4) is 0 Å². The fourth-order valence-corrected chi connectivity index (χ4v) is 3.19. The standard InChI is InChI=1S/C27H30N4O3/c1-27(2,3)31-26(34)21-12-8-14-23(16-21)30-24(32)18-28-22-13-7-11-20(15-22)25(33)29-17-19-9-5-4-6-10-19/h4-16,28H,17-18H2,1-3H3,(H,29,33)(H,30,32)(H,31,34). The Bertz CT molecular complexity index is 1150. The normalized spacial score (nSPS) is 10.8. The van der Waals surface area contributed by atoms with Crippen molar-refractivity contribution in [3.63, 3.8) is 0 Å². The van der Waals surface area contributed by atoms with Gasteiger partial charge in [-0.25, -0.2) is 0 Å². The molecule has 0 spiro atoms. The maximum absolute atomic E-state index is 12.5. The summed E-state index contributed by atoms with van der Waals surface area (Å²) in [4.78, 5) is 37.2. The monoisotopic (exact) mass is 458 g/mol. The van der Waals surface area contributed by atoms with Gasteiger partial charge in [0.05, 0.1) is 6.54 Å². The Balaban J connectivity index is 1.53. The molecule has 7 heteroatoms. The summed E-state index contributed by atoms with van der Waals surface area (Å²) in [7, 11) is 0. The lowest BCUT2D eigenvalue weighted by molar-refractivity contribution is -0.114. The molecule has 4 N–H and O–H groups in total. The maximum atomic E-state index is 12.5. The van der Waals surface area contributed by atoms with E-state index in [1.54, 1.807) is 48.5 Å². The molecule has 0 bridgehead atoms. The molecule has 0 atom stereocenters. The summed E-state index contributed by atoms with van der Waals surface area (Å²) in [5, 5.41) is 11.6. The Morgan fingerprint density at radius 1 is 0.735 bits per heavy atom. The van der Waals surface area contributed by atoms with Crippen molar-refractivity contribution in [3.05, 3.63) is 95.6 Å². The van der Waals surface area contributed by atoms with Gasteiger partial charge in [-0.1, -0.05) is 42.5 Å². The van der Waals surface area contributed by atoms with E-state index in [0.29, 0.717) is 29.0 Å². The number of carbonyl (C=O) groups excluding carboxylic acids is 3. The van der Waals surface area contributed by atoms with Crippen molar-refractivity contribution in [1.82, 2.24) is 10.6 Å². The van der Waals surface area contributed by atoms with Crippen molar-refractivity contribution in [3.8, 4) is 0 Å². The second-order valence-corrected chi connectivity index (χ2v) is 8.94. The zero-order valence-electron chi connectivity index (χ0n) is 19.6. The molecule has 0 aliphatic carbocycles. The van der Waals surface area contributed by atoms with Crippen molar-refractivity contribution in [2.45, 2.75) is 32.9 Å². The molecule has 0 aliphatic rings. The van der Waals surface area contributed by atoms with Gasteiger partial charge in [-0.2, -0.15) is 0 Å². The average molecular weight is 459 g/mol. The Labute approximate surface area is 200 Å². The van der Waals surface area contributed by atoms with E-state index in [9.17, 15) is 14.4 Å². The predicted octanol–water partition coefficient (Wildman–Crippen LogP) is 4.20. The van der Waals surface area contributed by atoms with Crippen LogP contribution >= 0.6 is 0 Å². The average Bonchev–Trinajstić information content (AvgIpc) is 2.81. The summed E-state index contributed by atoms with van der Waals surface area (Å²) >= 11 is 0. The fraction of sp³-hybridized carbons (Fsp3) is 0.222. The second-order valence-electron chi connectivity index (χ2n) is 8.94. The zero-order valence-corrected chi connectivity index (χ0v) is 19.6. The lowest BCUT2D eigenvalue weighted by atomic mass is 10.1. The number of nitrogens with one attached hydrogen (secondary N) is 4. The van der Waals surface area contributed by atoms with E-state index >= 15 is 0 Å². The van der Waals surface area contributed by atoms with Gasteiger partial charge in [-0.05, 0) is 62.7 Å². The van der Waals surface area contributed by atoms with Crippen LogP contribution in [0.15, 0.2) is 78.9 Å². The van der Waals surface area contributed by atoms with Crippen LogP contribution in [-0.4, -0.2) is 29.8 Å². The van der Waals surface area contributed by atoms with Crippen molar-refractivity contribution in [1.29, 1.82) is 0 Å². The molecule has 0 unspecified atom stereocenters. The number of carbonyl (C=O) groups is 3. The van der Waals surface area contributed by atoms with Crippen molar-refractivity contribution in [2.75, 3.05) is 17.2 Å². The van der Waals surface area contributed by atoms with Gasteiger partial charge in [0.25, 0.3) is 11.8 Å². The summed E-state index contributed by atoms with van der Waals surface area (Å²) in [6, 6.07) is 23.4. The van der Waals surface area contributed by atoms with Crippen LogP contribution in [0.4, 0.5) is 11.4 Å². The minimum absolute atomic E-state index is 0.00744. The van der Waals surface area contributed by atoms with Gasteiger partial charge in [-0.3, -0.25) is 14.4 Å². The van der Waals surface area contributed by atoms with Gasteiger partial charge in [0, 0.05) is 34.6 Å². The third kappa shape index (κ3) is 7.78. The molecule has 0 fully saturated rings. The van der Waals surface area contributed by atoms with Crippen molar-refractivity contribution >= 4 is 29.1 Å². The molecule has 176 valence electrons. The highest BCUT2D eigenvalue weighted by Crippen LogP contribution is 2.14. The minimum atomic E-state index is -0.354. The summed E-state index contributed by atoms with van der Waals surface area (Å²) in [6.07, 6.45) is 0. The number of hydrogen-bond donors (Lipinski definition) is 4. The van der Waals surface area contributed by atoms with E-state index in [2.05, 4.69) is 21.3 Å². The number of amides is 3. The second kappa shape index (κ2) is 11.1. The van der Waals surface area contributed by atoms with Gasteiger partial charge in [0.15, 0.2) is 0 Å². The Kier molecular flexibility index (Phi) is 8.03. The number of hydrogen-bond acceptors (Lipinski definition) is 4. The van der Waals surface area contributed by atoms with E-state index in [4.69, 9.17) is 0 Å². The largest absolute Gasteiger partial charge is 0.376 e. The molecule has 3 rings (SSSR count). The first-order chi connectivity index (χ1) is 16.2. The van der Waals surface area contributed by atoms with Gasteiger partial charge < -0.3 is 21.3 Å². The molecule has 3 amide bonds. The Morgan fingerprint density at radius 2 is 1.35 bits per heavy atom. The summed E-state index contributed by atoms with van der Waals surface area (Å²) < 4.78 is 0. The highest BCUT2D eigenvalue weighted by molar-refractivity contribution is 5.98. The molecular weight excluding hydrogens is 428 g/mol. The smallest absolute Gasteiger partial charge is 0.251 e. The van der Waals surface area contributed by atoms with Gasteiger partial charge in [-0.15, -0.1) is 0 Å². The number of rotatable bonds is 8. The van der Waals surface area contributed by atoms with E-state index in [1.165, 1.54) is 0 Å². The predicted molar refractivity (Wildman–Crippen MR) is 135 cm³/mol. The van der Waals surface area contributed by atoms with Crippen molar-refractivity contribution in [2.24, 2.45) is 0 Å². The molecule has 0 heterocycles. The van der Waals surface area contributed by atoms with Crippen LogP contribution < -0.4 is 21.3 Å². The summed E-state index contributed by atoms with van der Waals surface area (Å²) in [5.74, 6) is -0.668. The molecule has 0 aromatic heterocycles. The molecule has 0 radical (unpaired) electrons. The van der Waals surface area contributed by atoms with Crippen LogP contribution in [0.1, 0.15) is 47.1 Å². The van der Waals surface area contributed by atoms with Gasteiger partial charge in [0.1, 0.15) is 0 Å². The molecule has 0 saturated heterocycles. The van der Waals surface area contributed by atoms with E-state index in [0.717, 1.165) is 5.56 Å². The number of benzene rings is 3. The first-order valence-electron chi connectivity index (χ1n) is 11.1. The van der Waals surface area contributed by atoms with Crippen LogP contribution in [-0.2, 0) is 11.3 Å². The molecule has 0 saturated carbocycles. The molecule has 34 heavy (non-hydrogen) atoms. The lowest BCUT2D eigenvalue weighted by Crippen LogP contribution is -2.40. The lowest BCUT2D eigenvalue weighted by Gasteiger charge is -2.20. The van der Waals surface area contributed by atoms with Crippen molar-refractivity contribution < 1.29 is 14.4 Å². The first-order valence-corrected chi connectivity index (χ1v) is 11.1. The molecule has 7 nitrogen and oxygen atoms in total. The third-order valence-corrected chi connectivity index (χ3v) is 4.77. The Hall–Kier alpha value is -4.13. The highest BCUT2D eigenvalue weighted by Gasteiger charge is 2.15. The maximum Gasteiger partial charge on any atom is 0.251 e. The van der Waals surface area contributed by atoms with Crippen LogP contribution in [0.2, 0.25) is 0 Å². The molecule has 3 aromatic rings. The van der Waals surface area contributed by atoms with Crippen LogP contribution in [0, 0.1) is 0 Å². The van der Waals surface area contributed by atoms with Crippen LogP contribution in [0.25, 0.3) is 0 Å². The fourth-order valence-electron chi connectivity index (χ4n) is 3.19. The summed E-state index contributed by atoms with van der Waals surface area (Å²) in [5.41, 5.74) is 2.81. The zero-order chi connectivity index (χ0) is 24.6. The molecular formula is C27H30N4O3. The Morgan fingerprint density at radius 3 is 2.03 bits per heavy atom. The third-order valence-electron chi connectivity index (χ3n) is 4.77. The van der Waals surface area contributed by atoms with E-state index in [-0.39, 0.29) is 29.8 Å². The topological polar surface area (TPSA) is 99.3 Å². The quantitative estimate of drug-likeness (QED) is 0.407. The van der Waals surface area contributed by atoms with E-state index < -0.39 is 0 Å². The molecule has 0 aliphatic heterocycles.